The predicted molar refractivity (Wildman–Crippen MR) is 106 cm³/mol. The van der Waals surface area contributed by atoms with Gasteiger partial charge < -0.3 is 15.1 Å². The molecule has 2 aliphatic rings. The van der Waals surface area contributed by atoms with Crippen LogP contribution in [0.25, 0.3) is 0 Å². The summed E-state index contributed by atoms with van der Waals surface area (Å²) in [5.74, 6) is 1.61. The number of hydrogen-bond acceptors (Lipinski definition) is 5. The standard InChI is InChI=1S/C20H33N5O/c1-15-19(23-18(26)10-9-17-7-5-4-6-8-17)16(2)22-20(21-15)25-13-11-24(3)12-14-25/h17H,4-14H2,1-3H3,(H,23,26). The molecule has 1 aromatic rings. The largest absolute Gasteiger partial charge is 0.338 e. The van der Waals surface area contributed by atoms with Crippen molar-refractivity contribution in [3.8, 4) is 0 Å². The molecule has 0 aromatic carbocycles. The molecular weight excluding hydrogens is 326 g/mol. The predicted octanol–water partition coefficient (Wildman–Crippen LogP) is 3.14. The first kappa shape index (κ1) is 19.1. The Morgan fingerprint density at radius 2 is 1.65 bits per heavy atom. The van der Waals surface area contributed by atoms with Crippen LogP contribution in [0.15, 0.2) is 0 Å². The van der Waals surface area contributed by atoms with Gasteiger partial charge in [0.15, 0.2) is 0 Å². The Balaban J connectivity index is 1.58. The zero-order valence-corrected chi connectivity index (χ0v) is 16.6. The van der Waals surface area contributed by atoms with Gasteiger partial charge in [-0.15, -0.1) is 0 Å². The van der Waals surface area contributed by atoms with Crippen LogP contribution in [-0.4, -0.2) is 54.0 Å². The van der Waals surface area contributed by atoms with Gasteiger partial charge in [0, 0.05) is 32.6 Å². The molecule has 0 unspecified atom stereocenters. The van der Waals surface area contributed by atoms with Crippen LogP contribution < -0.4 is 10.2 Å². The molecule has 1 aliphatic heterocycles. The van der Waals surface area contributed by atoms with Gasteiger partial charge in [0.1, 0.15) is 0 Å². The van der Waals surface area contributed by atoms with E-state index in [0.29, 0.717) is 6.42 Å². The summed E-state index contributed by atoms with van der Waals surface area (Å²) >= 11 is 0. The van der Waals surface area contributed by atoms with Gasteiger partial charge in [-0.1, -0.05) is 32.1 Å². The van der Waals surface area contributed by atoms with Gasteiger partial charge in [-0.25, -0.2) is 9.97 Å². The number of anilines is 2. The fraction of sp³-hybridized carbons (Fsp3) is 0.750. The molecule has 3 rings (SSSR count). The van der Waals surface area contributed by atoms with E-state index in [0.717, 1.165) is 61.5 Å². The Hall–Kier alpha value is -1.69. The van der Waals surface area contributed by atoms with Crippen LogP contribution >= 0.6 is 0 Å². The molecule has 1 saturated heterocycles. The van der Waals surface area contributed by atoms with Crippen LogP contribution in [0.5, 0.6) is 0 Å². The van der Waals surface area contributed by atoms with Gasteiger partial charge in [0.05, 0.1) is 17.1 Å². The highest BCUT2D eigenvalue weighted by molar-refractivity contribution is 5.91. The Kier molecular flexibility index (Phi) is 6.46. The third-order valence-electron chi connectivity index (χ3n) is 5.81. The summed E-state index contributed by atoms with van der Waals surface area (Å²) in [6.07, 6.45) is 8.19. The molecule has 1 aromatic heterocycles. The van der Waals surface area contributed by atoms with E-state index in [9.17, 15) is 4.79 Å². The first-order valence-electron chi connectivity index (χ1n) is 10.1. The van der Waals surface area contributed by atoms with Gasteiger partial charge in [-0.05, 0) is 33.2 Å². The number of piperazine rings is 1. The van der Waals surface area contributed by atoms with Crippen LogP contribution in [0, 0.1) is 19.8 Å². The van der Waals surface area contributed by atoms with Gasteiger partial charge in [-0.3, -0.25) is 4.79 Å². The van der Waals surface area contributed by atoms with E-state index in [1.54, 1.807) is 0 Å². The van der Waals surface area contributed by atoms with Crippen molar-refractivity contribution in [1.82, 2.24) is 14.9 Å². The summed E-state index contributed by atoms with van der Waals surface area (Å²) < 4.78 is 0. The van der Waals surface area contributed by atoms with Crippen molar-refractivity contribution < 1.29 is 4.79 Å². The third kappa shape index (κ3) is 4.93. The average molecular weight is 360 g/mol. The first-order chi connectivity index (χ1) is 12.5. The van der Waals surface area contributed by atoms with Crippen molar-refractivity contribution in [3.63, 3.8) is 0 Å². The second kappa shape index (κ2) is 8.80. The van der Waals surface area contributed by atoms with Crippen molar-refractivity contribution in [2.24, 2.45) is 5.92 Å². The minimum atomic E-state index is 0.0951. The topological polar surface area (TPSA) is 61.4 Å². The molecule has 2 fully saturated rings. The third-order valence-corrected chi connectivity index (χ3v) is 5.81. The highest BCUT2D eigenvalue weighted by atomic mass is 16.1. The van der Waals surface area contributed by atoms with E-state index in [-0.39, 0.29) is 5.91 Å². The van der Waals surface area contributed by atoms with Crippen molar-refractivity contribution in [2.45, 2.75) is 58.8 Å². The molecule has 26 heavy (non-hydrogen) atoms. The second-order valence-corrected chi connectivity index (χ2v) is 7.95. The van der Waals surface area contributed by atoms with E-state index < -0.39 is 0 Å². The Morgan fingerprint density at radius 1 is 1.04 bits per heavy atom. The SMILES string of the molecule is Cc1nc(N2CCN(C)CC2)nc(C)c1NC(=O)CCC1CCCCC1. The molecule has 2 heterocycles. The summed E-state index contributed by atoms with van der Waals surface area (Å²) in [5.41, 5.74) is 2.51. The van der Waals surface area contributed by atoms with E-state index in [1.165, 1.54) is 32.1 Å². The molecule has 0 atom stereocenters. The second-order valence-electron chi connectivity index (χ2n) is 7.95. The van der Waals surface area contributed by atoms with Gasteiger partial charge >= 0.3 is 0 Å². The molecule has 0 bridgehead atoms. The summed E-state index contributed by atoms with van der Waals surface area (Å²) in [6, 6.07) is 0. The fourth-order valence-corrected chi connectivity index (χ4v) is 4.04. The molecular formula is C20H33N5O. The van der Waals surface area contributed by atoms with E-state index in [1.807, 2.05) is 13.8 Å². The maximum atomic E-state index is 12.4. The molecule has 1 aliphatic carbocycles. The monoisotopic (exact) mass is 359 g/mol. The number of hydrogen-bond donors (Lipinski definition) is 1. The van der Waals surface area contributed by atoms with Gasteiger partial charge in [0.25, 0.3) is 0 Å². The molecule has 1 N–H and O–H groups in total. The van der Waals surface area contributed by atoms with Crippen LogP contribution in [0.2, 0.25) is 0 Å². The summed E-state index contributed by atoms with van der Waals surface area (Å²) in [7, 11) is 2.14. The zero-order chi connectivity index (χ0) is 18.5. The van der Waals surface area contributed by atoms with E-state index in [4.69, 9.17) is 0 Å². The lowest BCUT2D eigenvalue weighted by Crippen LogP contribution is -2.45. The normalized spacial score (nSPS) is 19.6. The lowest BCUT2D eigenvalue weighted by Gasteiger charge is -2.32. The number of likely N-dealkylation sites (N-methyl/N-ethyl adjacent to an activating group) is 1. The van der Waals surface area contributed by atoms with Crippen LogP contribution in [0.4, 0.5) is 11.6 Å². The van der Waals surface area contributed by atoms with Crippen LogP contribution in [0.1, 0.15) is 56.3 Å². The maximum Gasteiger partial charge on any atom is 0.225 e. The Labute approximate surface area is 157 Å². The summed E-state index contributed by atoms with van der Waals surface area (Å²) in [6.45, 7) is 7.88. The van der Waals surface area contributed by atoms with Crippen molar-refractivity contribution in [1.29, 1.82) is 0 Å². The summed E-state index contributed by atoms with van der Waals surface area (Å²) in [4.78, 5) is 26.3. The Morgan fingerprint density at radius 3 is 2.27 bits per heavy atom. The lowest BCUT2D eigenvalue weighted by atomic mass is 9.86. The lowest BCUT2D eigenvalue weighted by molar-refractivity contribution is -0.116. The molecule has 0 spiro atoms. The first-order valence-corrected chi connectivity index (χ1v) is 10.1. The Bertz CT molecular complexity index is 596. The number of carbonyl (C=O) groups is 1. The van der Waals surface area contributed by atoms with Crippen molar-refractivity contribution >= 4 is 17.5 Å². The highest BCUT2D eigenvalue weighted by Gasteiger charge is 2.20. The van der Waals surface area contributed by atoms with Gasteiger partial charge in [0.2, 0.25) is 11.9 Å². The van der Waals surface area contributed by atoms with Crippen LogP contribution in [-0.2, 0) is 4.79 Å². The summed E-state index contributed by atoms with van der Waals surface area (Å²) in [5, 5.41) is 3.06. The van der Waals surface area contributed by atoms with E-state index in [2.05, 4.69) is 32.1 Å². The number of aromatic nitrogens is 2. The minimum absolute atomic E-state index is 0.0951. The number of amides is 1. The molecule has 6 heteroatoms. The van der Waals surface area contributed by atoms with Gasteiger partial charge in [-0.2, -0.15) is 0 Å². The molecule has 1 saturated carbocycles. The molecule has 0 radical (unpaired) electrons. The van der Waals surface area contributed by atoms with Crippen molar-refractivity contribution in [3.05, 3.63) is 11.4 Å². The molecule has 144 valence electrons. The quantitative estimate of drug-likeness (QED) is 0.875. The highest BCUT2D eigenvalue weighted by Crippen LogP contribution is 2.28. The number of nitrogens with zero attached hydrogens (tertiary/aromatic N) is 4. The number of carbonyl (C=O) groups excluding carboxylic acids is 1. The van der Waals surface area contributed by atoms with E-state index >= 15 is 0 Å². The maximum absolute atomic E-state index is 12.4. The number of nitrogens with one attached hydrogen (secondary N) is 1. The van der Waals surface area contributed by atoms with Crippen molar-refractivity contribution in [2.75, 3.05) is 43.4 Å². The average Bonchev–Trinajstić information content (AvgIpc) is 2.64. The smallest absolute Gasteiger partial charge is 0.225 e. The minimum Gasteiger partial charge on any atom is -0.338 e. The number of aryl methyl sites for hydroxylation is 2. The van der Waals surface area contributed by atoms with Crippen LogP contribution in [0.3, 0.4) is 0 Å². The number of rotatable bonds is 5. The molecule has 1 amide bonds. The zero-order valence-electron chi connectivity index (χ0n) is 16.6. The fourth-order valence-electron chi connectivity index (χ4n) is 4.04. The molecule has 6 nitrogen and oxygen atoms in total.